The topological polar surface area (TPSA) is 86.6 Å². The van der Waals surface area contributed by atoms with Crippen LogP contribution in [0.15, 0.2) is 78.4 Å². The van der Waals surface area contributed by atoms with Gasteiger partial charge in [-0.25, -0.2) is 0 Å². The molecule has 0 fully saturated rings. The number of carbonyl (C=O) groups is 2. The summed E-state index contributed by atoms with van der Waals surface area (Å²) in [6, 6.07) is 25.0. The number of aliphatic hydroxyl groups is 2. The molecule has 0 spiro atoms. The lowest BCUT2D eigenvalue weighted by molar-refractivity contribution is -0.122. The minimum Gasteiger partial charge on any atom is -0.395 e. The number of hydrogen-bond acceptors (Lipinski definition) is 4. The number of fused-ring (bicyclic) bond motifs is 2. The first-order valence-corrected chi connectivity index (χ1v) is 14.2. The summed E-state index contributed by atoms with van der Waals surface area (Å²) in [5, 5.41) is 19.4. The Hall–Kier alpha value is -3.54. The fraction of sp³-hybridized carbons (Fsp3) is 0.371. The van der Waals surface area contributed by atoms with Crippen LogP contribution in [-0.4, -0.2) is 41.7 Å². The summed E-state index contributed by atoms with van der Waals surface area (Å²) in [7, 11) is 0. The van der Waals surface area contributed by atoms with Gasteiger partial charge in [-0.3, -0.25) is 9.59 Å². The van der Waals surface area contributed by atoms with Crippen molar-refractivity contribution in [3.8, 4) is 0 Å². The Balaban J connectivity index is 0.000000178. The van der Waals surface area contributed by atoms with Crippen LogP contribution in [0, 0.1) is 18.8 Å². The van der Waals surface area contributed by atoms with E-state index in [1.165, 1.54) is 24.0 Å². The fourth-order valence-electron chi connectivity index (χ4n) is 4.90. The number of Topliss-reactive ketones (excluding diaryl/α,β-unsaturated/α-hetero) is 1. The second-order valence-electron chi connectivity index (χ2n) is 10.9. The van der Waals surface area contributed by atoms with Gasteiger partial charge in [0.15, 0.2) is 5.78 Å². The van der Waals surface area contributed by atoms with Gasteiger partial charge in [0, 0.05) is 18.5 Å². The molecule has 0 saturated carbocycles. The average Bonchev–Trinajstić information content (AvgIpc) is 3.60. The SMILES string of the molecule is C1=C(C2Cc3ccccc3C2)Cc2ccccc21.CC(C)CCC(=O)CO.Cc1ccc(C(=O)NCCO)cc1. The highest BCUT2D eigenvalue weighted by Gasteiger charge is 2.26. The van der Waals surface area contributed by atoms with Crippen LogP contribution in [0.1, 0.15) is 64.9 Å². The minimum atomic E-state index is -0.299. The number of aryl methyl sites for hydroxylation is 1. The zero-order valence-corrected chi connectivity index (χ0v) is 24.0. The number of hydrogen-bond donors (Lipinski definition) is 3. The first-order chi connectivity index (χ1) is 19.3. The quantitative estimate of drug-likeness (QED) is 0.339. The van der Waals surface area contributed by atoms with Crippen molar-refractivity contribution in [1.29, 1.82) is 0 Å². The summed E-state index contributed by atoms with van der Waals surface area (Å²) in [6.45, 7) is 6.06. The second kappa shape index (κ2) is 15.9. The van der Waals surface area contributed by atoms with Crippen molar-refractivity contribution >= 4 is 17.8 Å². The van der Waals surface area contributed by atoms with E-state index in [-0.39, 0.29) is 24.9 Å². The molecule has 0 unspecified atom stereocenters. The third-order valence-electron chi connectivity index (χ3n) is 7.25. The van der Waals surface area contributed by atoms with Crippen LogP contribution in [0.5, 0.6) is 0 Å². The number of carbonyl (C=O) groups excluding carboxylic acids is 2. The van der Waals surface area contributed by atoms with Crippen LogP contribution < -0.4 is 5.32 Å². The largest absolute Gasteiger partial charge is 0.395 e. The molecule has 0 atom stereocenters. The molecule has 3 aromatic rings. The second-order valence-corrected chi connectivity index (χ2v) is 10.9. The monoisotopic (exact) mass is 541 g/mol. The molecule has 212 valence electrons. The highest BCUT2D eigenvalue weighted by molar-refractivity contribution is 5.94. The van der Waals surface area contributed by atoms with Crippen molar-refractivity contribution in [2.24, 2.45) is 11.8 Å². The van der Waals surface area contributed by atoms with Crippen LogP contribution >= 0.6 is 0 Å². The van der Waals surface area contributed by atoms with Crippen molar-refractivity contribution in [2.45, 2.75) is 52.9 Å². The fourth-order valence-corrected chi connectivity index (χ4v) is 4.90. The molecule has 40 heavy (non-hydrogen) atoms. The van der Waals surface area contributed by atoms with Gasteiger partial charge in [0.1, 0.15) is 6.61 Å². The normalized spacial score (nSPS) is 13.3. The Labute approximate surface area is 239 Å². The Morgan fingerprint density at radius 1 is 0.875 bits per heavy atom. The highest BCUT2D eigenvalue weighted by atomic mass is 16.3. The maximum Gasteiger partial charge on any atom is 0.251 e. The van der Waals surface area contributed by atoms with Gasteiger partial charge in [-0.2, -0.15) is 0 Å². The number of rotatable bonds is 8. The summed E-state index contributed by atoms with van der Waals surface area (Å²) in [6.07, 6.45) is 7.46. The minimum absolute atomic E-state index is 0.0302. The molecule has 0 heterocycles. The summed E-state index contributed by atoms with van der Waals surface area (Å²) in [5.74, 6) is 1.09. The maximum absolute atomic E-state index is 11.3. The van der Waals surface area contributed by atoms with E-state index in [1.807, 2.05) is 19.1 Å². The van der Waals surface area contributed by atoms with Gasteiger partial charge in [0.25, 0.3) is 5.91 Å². The molecule has 0 saturated heterocycles. The van der Waals surface area contributed by atoms with Crippen molar-refractivity contribution in [3.05, 3.63) is 112 Å². The Bertz CT molecular complexity index is 1250. The predicted octanol–water partition coefficient (Wildman–Crippen LogP) is 5.74. The molecule has 0 bridgehead atoms. The maximum atomic E-state index is 11.3. The van der Waals surface area contributed by atoms with E-state index in [0.717, 1.165) is 24.3 Å². The van der Waals surface area contributed by atoms with Crippen LogP contribution in [0.25, 0.3) is 6.08 Å². The van der Waals surface area contributed by atoms with Crippen LogP contribution in [0.3, 0.4) is 0 Å². The first-order valence-electron chi connectivity index (χ1n) is 14.2. The molecule has 1 amide bonds. The molecular formula is C35H43NO4. The summed E-state index contributed by atoms with van der Waals surface area (Å²) in [5.41, 5.74) is 9.43. The molecular weight excluding hydrogens is 498 g/mol. The van der Waals surface area contributed by atoms with Gasteiger partial charge in [-0.1, -0.05) is 91.7 Å². The number of nitrogens with one attached hydrogen (secondary N) is 1. The van der Waals surface area contributed by atoms with E-state index < -0.39 is 0 Å². The summed E-state index contributed by atoms with van der Waals surface area (Å²) in [4.78, 5) is 21.8. The lowest BCUT2D eigenvalue weighted by atomic mass is 9.94. The molecule has 0 aliphatic heterocycles. The van der Waals surface area contributed by atoms with Gasteiger partial charge < -0.3 is 15.5 Å². The Kier molecular flexibility index (Phi) is 12.3. The Morgan fingerprint density at radius 3 is 2.02 bits per heavy atom. The number of amides is 1. The van der Waals surface area contributed by atoms with E-state index >= 15 is 0 Å². The first kappa shape index (κ1) is 31.0. The van der Waals surface area contributed by atoms with E-state index in [1.54, 1.807) is 28.8 Å². The third kappa shape index (κ3) is 9.58. The van der Waals surface area contributed by atoms with Crippen LogP contribution in [0.2, 0.25) is 0 Å². The molecule has 5 heteroatoms. The van der Waals surface area contributed by atoms with Crippen molar-refractivity contribution < 1.29 is 19.8 Å². The molecule has 0 aromatic heterocycles. The van der Waals surface area contributed by atoms with E-state index in [2.05, 4.69) is 73.8 Å². The third-order valence-corrected chi connectivity index (χ3v) is 7.25. The lowest BCUT2D eigenvalue weighted by Gasteiger charge is -2.10. The highest BCUT2D eigenvalue weighted by Crippen LogP contribution is 2.37. The number of ketones is 1. The zero-order chi connectivity index (χ0) is 28.9. The number of aliphatic hydroxyl groups excluding tert-OH is 2. The van der Waals surface area contributed by atoms with Gasteiger partial charge in [-0.15, -0.1) is 0 Å². The average molecular weight is 542 g/mol. The summed E-state index contributed by atoms with van der Waals surface area (Å²) < 4.78 is 0. The molecule has 3 aromatic carbocycles. The lowest BCUT2D eigenvalue weighted by Crippen LogP contribution is -2.26. The van der Waals surface area contributed by atoms with Crippen LogP contribution in [0.4, 0.5) is 0 Å². The zero-order valence-electron chi connectivity index (χ0n) is 24.0. The smallest absolute Gasteiger partial charge is 0.251 e. The molecule has 3 N–H and O–H groups in total. The molecule has 2 aliphatic rings. The standard InChI is InChI=1S/C18H16.C10H13NO2.C7H14O2/c1-2-6-14-10-17(9-13(14)5-1)18-11-15-7-3-4-8-16(15)12-18;1-8-2-4-9(5-3-8)10(13)11-6-7-12;1-6(2)3-4-7(9)5-8/h1-9,18H,10-12H2;2-5,12H,6-7H2,1H3,(H,11,13);6,8H,3-5H2,1-2H3. The van der Waals surface area contributed by atoms with Crippen molar-refractivity contribution in [2.75, 3.05) is 19.8 Å². The van der Waals surface area contributed by atoms with Gasteiger partial charge in [0.2, 0.25) is 0 Å². The van der Waals surface area contributed by atoms with E-state index in [4.69, 9.17) is 10.2 Å². The number of allylic oxidation sites excluding steroid dienone is 1. The van der Waals surface area contributed by atoms with E-state index in [9.17, 15) is 9.59 Å². The van der Waals surface area contributed by atoms with Crippen LogP contribution in [-0.2, 0) is 24.1 Å². The molecule has 5 nitrogen and oxygen atoms in total. The molecule has 5 rings (SSSR count). The van der Waals surface area contributed by atoms with Gasteiger partial charge in [0.05, 0.1) is 6.61 Å². The molecule has 0 radical (unpaired) electrons. The Morgan fingerprint density at radius 2 is 1.48 bits per heavy atom. The summed E-state index contributed by atoms with van der Waals surface area (Å²) >= 11 is 0. The number of benzene rings is 3. The van der Waals surface area contributed by atoms with Gasteiger partial charge in [-0.05, 0) is 78.8 Å². The van der Waals surface area contributed by atoms with Crippen molar-refractivity contribution in [3.63, 3.8) is 0 Å². The van der Waals surface area contributed by atoms with Gasteiger partial charge >= 0.3 is 0 Å². The predicted molar refractivity (Wildman–Crippen MR) is 162 cm³/mol. The molecule has 2 aliphatic carbocycles. The van der Waals surface area contributed by atoms with Crippen molar-refractivity contribution in [1.82, 2.24) is 5.32 Å². The van der Waals surface area contributed by atoms with E-state index in [0.29, 0.717) is 24.4 Å².